The molecule has 2 N–H and O–H groups in total. The molecule has 0 saturated carbocycles. The number of aryl methyl sites for hydroxylation is 1. The van der Waals surface area contributed by atoms with E-state index in [1.807, 2.05) is 19.4 Å². The van der Waals surface area contributed by atoms with Crippen LogP contribution in [0.5, 0.6) is 0 Å². The van der Waals surface area contributed by atoms with Gasteiger partial charge in [0, 0.05) is 18.5 Å². The number of anilines is 1. The Labute approximate surface area is 167 Å². The second-order valence-electron chi connectivity index (χ2n) is 6.04. The Morgan fingerprint density at radius 1 is 1.28 bits per heavy atom. The lowest BCUT2D eigenvalue weighted by Gasteiger charge is -2.04. The monoisotopic (exact) mass is 422 g/mol. The summed E-state index contributed by atoms with van der Waals surface area (Å²) in [5.41, 5.74) is 4.34. The van der Waals surface area contributed by atoms with E-state index in [4.69, 9.17) is 14.9 Å². The van der Waals surface area contributed by atoms with Gasteiger partial charge in [0.25, 0.3) is 0 Å². The number of pyridine rings is 1. The number of imidazole rings is 1. The molecule has 4 rings (SSSR count). The number of rotatable bonds is 3. The summed E-state index contributed by atoms with van der Waals surface area (Å²) in [5.74, 6) is -1.89. The Morgan fingerprint density at radius 2 is 1.93 bits per heavy atom. The van der Waals surface area contributed by atoms with Gasteiger partial charge in [0.1, 0.15) is 5.52 Å². The van der Waals surface area contributed by atoms with Crippen molar-refractivity contribution in [1.29, 1.82) is 0 Å². The lowest BCUT2D eigenvalue weighted by Crippen LogP contribution is -2.21. The highest BCUT2D eigenvalue weighted by Crippen LogP contribution is 2.38. The Bertz CT molecular complexity index is 1150. The SMILES string of the molecule is CCNc1nc2cc(-c3ccccc3)sc2c2c1ncn2C.O=C(O)C(F)(F)F. The van der Waals surface area contributed by atoms with E-state index in [2.05, 4.69) is 52.1 Å². The van der Waals surface area contributed by atoms with Gasteiger partial charge in [0.15, 0.2) is 5.82 Å². The fourth-order valence-electron chi connectivity index (χ4n) is 2.71. The second kappa shape index (κ2) is 8.08. The molecular formula is C19H17F3N4O2S. The van der Waals surface area contributed by atoms with Gasteiger partial charge in [-0.2, -0.15) is 13.2 Å². The maximum Gasteiger partial charge on any atom is 0.490 e. The van der Waals surface area contributed by atoms with E-state index in [1.54, 1.807) is 11.3 Å². The number of aromatic nitrogens is 3. The minimum atomic E-state index is -5.08. The summed E-state index contributed by atoms with van der Waals surface area (Å²) in [6, 6.07) is 12.6. The van der Waals surface area contributed by atoms with Gasteiger partial charge in [-0.25, -0.2) is 14.8 Å². The molecule has 29 heavy (non-hydrogen) atoms. The summed E-state index contributed by atoms with van der Waals surface area (Å²) in [7, 11) is 2.03. The highest BCUT2D eigenvalue weighted by atomic mass is 32.1. The molecule has 0 unspecified atom stereocenters. The minimum Gasteiger partial charge on any atom is -0.475 e. The van der Waals surface area contributed by atoms with Crippen LogP contribution in [0.25, 0.3) is 31.7 Å². The van der Waals surface area contributed by atoms with Crippen molar-refractivity contribution >= 4 is 44.4 Å². The lowest BCUT2D eigenvalue weighted by atomic mass is 10.2. The van der Waals surface area contributed by atoms with Crippen LogP contribution in [-0.4, -0.2) is 38.3 Å². The topological polar surface area (TPSA) is 80.0 Å². The van der Waals surface area contributed by atoms with Gasteiger partial charge < -0.3 is 15.0 Å². The van der Waals surface area contributed by atoms with Crippen LogP contribution >= 0.6 is 11.3 Å². The molecule has 0 bridgehead atoms. The van der Waals surface area contributed by atoms with E-state index in [0.29, 0.717) is 0 Å². The molecule has 0 aliphatic rings. The molecule has 4 aromatic rings. The third-order valence-corrected chi connectivity index (χ3v) is 5.15. The standard InChI is InChI=1S/C17H16N4S.C2HF3O2/c1-3-18-17-14-15(21(2)10-19-14)16-12(20-17)9-13(22-16)11-7-5-4-6-8-11;3-2(4,5)1(6)7/h4-10H,3H2,1-2H3,(H,18,20);(H,6,7). The van der Waals surface area contributed by atoms with Crippen LogP contribution in [0.1, 0.15) is 6.92 Å². The Kier molecular flexibility index (Phi) is 5.73. The van der Waals surface area contributed by atoms with Crippen LogP contribution in [0.2, 0.25) is 0 Å². The number of nitrogens with one attached hydrogen (secondary N) is 1. The number of carboxylic acid groups (broad SMARTS) is 1. The van der Waals surface area contributed by atoms with Crippen molar-refractivity contribution in [2.24, 2.45) is 7.05 Å². The number of carbonyl (C=O) groups is 1. The fourth-order valence-corrected chi connectivity index (χ4v) is 3.91. The molecule has 152 valence electrons. The third kappa shape index (κ3) is 4.32. The average molecular weight is 422 g/mol. The Balaban J connectivity index is 0.000000298. The normalized spacial score (nSPS) is 11.3. The van der Waals surface area contributed by atoms with Crippen molar-refractivity contribution in [2.75, 3.05) is 11.9 Å². The van der Waals surface area contributed by atoms with Gasteiger partial charge in [-0.15, -0.1) is 11.3 Å². The molecule has 1 aromatic carbocycles. The van der Waals surface area contributed by atoms with Crippen molar-refractivity contribution in [3.05, 3.63) is 42.7 Å². The number of thiophene rings is 1. The van der Waals surface area contributed by atoms with Gasteiger partial charge in [-0.05, 0) is 18.6 Å². The third-order valence-electron chi connectivity index (χ3n) is 3.97. The van der Waals surface area contributed by atoms with Gasteiger partial charge in [-0.1, -0.05) is 30.3 Å². The summed E-state index contributed by atoms with van der Waals surface area (Å²) < 4.78 is 35.0. The van der Waals surface area contributed by atoms with Crippen molar-refractivity contribution < 1.29 is 23.1 Å². The molecule has 6 nitrogen and oxygen atoms in total. The van der Waals surface area contributed by atoms with E-state index < -0.39 is 12.1 Å². The highest BCUT2D eigenvalue weighted by molar-refractivity contribution is 7.23. The van der Waals surface area contributed by atoms with Gasteiger partial charge in [-0.3, -0.25) is 0 Å². The lowest BCUT2D eigenvalue weighted by molar-refractivity contribution is -0.192. The number of carboxylic acids is 1. The van der Waals surface area contributed by atoms with E-state index in [-0.39, 0.29) is 0 Å². The minimum absolute atomic E-state index is 0.833. The fraction of sp³-hybridized carbons (Fsp3) is 0.211. The second-order valence-corrected chi connectivity index (χ2v) is 7.09. The average Bonchev–Trinajstić information content (AvgIpc) is 3.26. The van der Waals surface area contributed by atoms with Crippen LogP contribution in [0, 0.1) is 0 Å². The zero-order valence-electron chi connectivity index (χ0n) is 15.5. The quantitative estimate of drug-likeness (QED) is 0.490. The molecule has 0 spiro atoms. The van der Waals surface area contributed by atoms with E-state index >= 15 is 0 Å². The molecule has 3 heterocycles. The smallest absolute Gasteiger partial charge is 0.475 e. The van der Waals surface area contributed by atoms with Crippen LogP contribution in [0.4, 0.5) is 19.0 Å². The van der Waals surface area contributed by atoms with Crippen molar-refractivity contribution in [2.45, 2.75) is 13.1 Å². The van der Waals surface area contributed by atoms with E-state index in [9.17, 15) is 13.2 Å². The Morgan fingerprint density at radius 3 is 2.52 bits per heavy atom. The summed E-state index contributed by atoms with van der Waals surface area (Å²) in [6.07, 6.45) is -3.23. The number of nitrogens with zero attached hydrogens (tertiary/aromatic N) is 3. The first kappa shape index (κ1) is 20.6. The molecule has 0 fully saturated rings. The number of alkyl halides is 3. The van der Waals surface area contributed by atoms with E-state index in [1.165, 1.54) is 15.1 Å². The first-order chi connectivity index (χ1) is 13.7. The highest BCUT2D eigenvalue weighted by Gasteiger charge is 2.38. The molecule has 0 aliphatic carbocycles. The first-order valence-corrected chi connectivity index (χ1v) is 9.38. The van der Waals surface area contributed by atoms with Crippen LogP contribution in [0.3, 0.4) is 0 Å². The molecule has 0 aliphatic heterocycles. The van der Waals surface area contributed by atoms with Crippen molar-refractivity contribution in [1.82, 2.24) is 14.5 Å². The molecule has 0 atom stereocenters. The van der Waals surface area contributed by atoms with Crippen molar-refractivity contribution in [3.8, 4) is 10.4 Å². The van der Waals surface area contributed by atoms with Crippen molar-refractivity contribution in [3.63, 3.8) is 0 Å². The number of halogens is 3. The molecular weight excluding hydrogens is 405 g/mol. The maximum atomic E-state index is 10.6. The number of aliphatic carboxylic acids is 1. The number of benzene rings is 1. The van der Waals surface area contributed by atoms with Gasteiger partial charge in [0.2, 0.25) is 0 Å². The van der Waals surface area contributed by atoms with Crippen LogP contribution in [-0.2, 0) is 11.8 Å². The van der Waals surface area contributed by atoms with Crippen LogP contribution < -0.4 is 5.32 Å². The molecule has 10 heteroatoms. The number of fused-ring (bicyclic) bond motifs is 3. The summed E-state index contributed by atoms with van der Waals surface area (Å²) >= 11 is 1.77. The summed E-state index contributed by atoms with van der Waals surface area (Å²) in [5, 5.41) is 10.4. The molecule has 0 radical (unpaired) electrons. The van der Waals surface area contributed by atoms with Gasteiger partial charge in [0.05, 0.1) is 22.1 Å². The summed E-state index contributed by atoms with van der Waals surface area (Å²) in [4.78, 5) is 19.4. The van der Waals surface area contributed by atoms with Crippen LogP contribution in [0.15, 0.2) is 42.7 Å². The number of hydrogen-bond donors (Lipinski definition) is 2. The molecule has 0 saturated heterocycles. The Hall–Kier alpha value is -3.14. The van der Waals surface area contributed by atoms with Gasteiger partial charge >= 0.3 is 12.1 Å². The predicted octanol–water partition coefficient (Wildman–Crippen LogP) is 4.92. The molecule has 3 aromatic heterocycles. The number of hydrogen-bond acceptors (Lipinski definition) is 5. The maximum absolute atomic E-state index is 10.6. The summed E-state index contributed by atoms with van der Waals surface area (Å²) in [6.45, 7) is 2.91. The first-order valence-electron chi connectivity index (χ1n) is 8.56. The zero-order valence-corrected chi connectivity index (χ0v) is 16.3. The largest absolute Gasteiger partial charge is 0.490 e. The zero-order chi connectivity index (χ0) is 21.2. The molecule has 0 amide bonds. The predicted molar refractivity (Wildman–Crippen MR) is 107 cm³/mol. The van der Waals surface area contributed by atoms with E-state index in [0.717, 1.165) is 28.9 Å².